The third kappa shape index (κ3) is 21.7. The van der Waals surface area contributed by atoms with Gasteiger partial charge in [-0.25, -0.2) is 14.4 Å². The van der Waals surface area contributed by atoms with Crippen molar-refractivity contribution in [3.8, 4) is 12.8 Å². The van der Waals surface area contributed by atoms with Crippen LogP contribution in [0.25, 0.3) is 0 Å². The summed E-state index contributed by atoms with van der Waals surface area (Å²) in [5, 5.41) is 32.4. The number of terminal acetylenes is 1. The number of nitrogens with one attached hydrogen (secondary N) is 3. The zero-order valence-electron chi connectivity index (χ0n) is 47.1. The van der Waals surface area contributed by atoms with E-state index in [1.165, 1.54) is 6.40 Å². The van der Waals surface area contributed by atoms with Crippen LogP contribution in [-0.4, -0.2) is 176 Å². The van der Waals surface area contributed by atoms with E-state index in [0.717, 1.165) is 12.8 Å². The molecule has 4 fully saturated rings. The Hall–Kier alpha value is -6.59. The quantitative estimate of drug-likeness (QED) is 0.0343. The van der Waals surface area contributed by atoms with E-state index in [-0.39, 0.29) is 63.5 Å². The fourth-order valence-corrected chi connectivity index (χ4v) is 8.00. The zero-order valence-corrected chi connectivity index (χ0v) is 46.1. The van der Waals surface area contributed by atoms with E-state index in [1.54, 1.807) is 86.6 Å². The van der Waals surface area contributed by atoms with Crippen LogP contribution < -0.4 is 16.0 Å². The number of esters is 5. The maximum Gasteiger partial charge on any atom is 0.407 e. The fraction of sp³-hybridized carbons (Fsp3) is 0.679. The molecule has 3 amide bonds. The highest BCUT2D eigenvalue weighted by molar-refractivity contribution is 5.98. The molecule has 7 rings (SSSR count). The third-order valence-electron chi connectivity index (χ3n) is 11.0. The predicted molar refractivity (Wildman–Crippen MR) is 273 cm³/mol. The number of carboxylic acids is 1. The number of aliphatic hydroxyl groups is 2. The lowest BCUT2D eigenvalue weighted by Gasteiger charge is -2.23. The van der Waals surface area contributed by atoms with Crippen molar-refractivity contribution in [2.24, 2.45) is 35.5 Å². The lowest BCUT2D eigenvalue weighted by molar-refractivity contribution is -0.159. The van der Waals surface area contributed by atoms with Crippen molar-refractivity contribution in [1.82, 2.24) is 16.0 Å². The smallest absolute Gasteiger partial charge is 0.407 e. The molecule has 0 spiro atoms. The normalized spacial score (nSPS) is 26.7. The van der Waals surface area contributed by atoms with Crippen LogP contribution in [0.5, 0.6) is 0 Å². The molecule has 4 saturated heterocycles. The molecule has 12 atom stereocenters. The number of fused-ring (bicyclic) bond motifs is 9. The molecule has 0 aromatic heterocycles. The molecule has 0 aliphatic carbocycles. The molecule has 6 unspecified atom stereocenters. The highest BCUT2D eigenvalue weighted by Crippen LogP contribution is 2.44. The van der Waals surface area contributed by atoms with Gasteiger partial charge in [-0.3, -0.25) is 28.8 Å². The number of hydrogen-bond acceptors (Lipinski definition) is 21. The van der Waals surface area contributed by atoms with Crippen LogP contribution in [0.2, 0.25) is 0 Å². The van der Waals surface area contributed by atoms with Gasteiger partial charge in [0.1, 0.15) is 73.5 Å². The minimum atomic E-state index is -1.09. The maximum absolute atomic E-state index is 12.6. The molecule has 25 heteroatoms. The lowest BCUT2D eigenvalue weighted by atomic mass is 9.83. The Kier molecular flexibility index (Phi) is 26.7. The molecule has 25 nitrogen and oxygen atoms in total. The summed E-state index contributed by atoms with van der Waals surface area (Å²) in [5.74, 6) is -8.06. The third-order valence-corrected chi connectivity index (χ3v) is 11.0. The standard InChI is InChI=1S/C22H34N2O9.C15H21NO7.C8H6O4.2C3H8O.C2H2/c1-21(2,3)32-19(27)23-9-11-29-17(25)15-13-7-8-14(31-13)16(15)18(26)30-12-10-24-20(28)33-22(4,5)6;1-15(2,3)23-14(20)16-6-7-21-13(19)11-9-5-4-8(22-9)10(11)12(17)18;9-7-5-3-1-2-4(11-3)6(5)8(10)12-7;2*1-2-3-4;1-2/h7-8,13-16H,9-12H2,1-6H3,(H,23,27)(H,24,28);4-5,8-11H,6-7H2,1-3H3,(H,16,20)(H,17,18);1-6H;2*4H,2-3H2,1H3;1-2H/t13?,14?,15-,16+;8?,9?,10-,11+;3?,4?,5-,6+;;;/m.0..../s1/i;;;;;1D. The second-order valence-corrected chi connectivity index (χ2v) is 20.8. The van der Waals surface area contributed by atoms with Crippen molar-refractivity contribution in [3.05, 3.63) is 36.5 Å². The van der Waals surface area contributed by atoms with Crippen LogP contribution in [0.15, 0.2) is 36.5 Å². The van der Waals surface area contributed by atoms with Crippen molar-refractivity contribution in [3.63, 3.8) is 0 Å². The molecule has 0 aromatic carbocycles. The van der Waals surface area contributed by atoms with Gasteiger partial charge in [-0.1, -0.05) is 50.3 Å². The summed E-state index contributed by atoms with van der Waals surface area (Å²) in [4.78, 5) is 105. The fourth-order valence-electron chi connectivity index (χ4n) is 8.00. The topological polar surface area (TPSA) is 343 Å². The van der Waals surface area contributed by atoms with Crippen molar-refractivity contribution < 1.29 is 107 Å². The van der Waals surface area contributed by atoms with Crippen molar-refractivity contribution in [2.45, 2.75) is 142 Å². The average molecular weight is 1110 g/mol. The first-order valence-corrected chi connectivity index (χ1v) is 25.5. The summed E-state index contributed by atoms with van der Waals surface area (Å²) in [5.41, 5.74) is -1.88. The zero-order chi connectivity index (χ0) is 59.8. The molecule has 7 aliphatic rings. The SMILES string of the molecule is CC(C)(C)OC(=O)NCCOC(=O)[C@@H]1C2C=CC(O2)[C@@H]1C(=O)O.CC(C)(C)OC(=O)NCCOC(=O)[C@@H]1C2C=CC(O2)[C@@H]1C(=O)OCCNC(=O)OC(C)(C)C.CCCO.CCCO.O=C1OC(=O)[C@H]2C3C=CC(O3)[C@@H]12.[2H]C#C. The number of amides is 3. The minimum Gasteiger partial charge on any atom is -0.481 e. The van der Waals surface area contributed by atoms with E-state index in [1.807, 2.05) is 26.0 Å². The Bertz CT molecular complexity index is 2110. The highest BCUT2D eigenvalue weighted by atomic mass is 16.6. The van der Waals surface area contributed by atoms with Crippen molar-refractivity contribution >= 4 is 54.1 Å². The number of aliphatic hydroxyl groups excluding tert-OH is 2. The van der Waals surface area contributed by atoms with Crippen LogP contribution in [0.1, 0.15) is 90.4 Å². The first-order valence-electron chi connectivity index (χ1n) is 26.0. The van der Waals surface area contributed by atoms with Gasteiger partial charge in [0.15, 0.2) is 0 Å². The van der Waals surface area contributed by atoms with E-state index >= 15 is 0 Å². The molecular weight excluding hydrogens is 1030 g/mol. The first-order chi connectivity index (χ1) is 37.0. The lowest BCUT2D eigenvalue weighted by Crippen LogP contribution is -2.40. The number of alkyl carbamates (subject to hydrolysis) is 3. The summed E-state index contributed by atoms with van der Waals surface area (Å²) in [6, 6.07) is 0. The Labute approximate surface area is 456 Å². The van der Waals surface area contributed by atoms with Gasteiger partial charge in [-0.2, -0.15) is 0 Å². The highest BCUT2D eigenvalue weighted by Gasteiger charge is 2.60. The van der Waals surface area contributed by atoms with Crippen LogP contribution >= 0.6 is 0 Å². The number of carbonyl (C=O) groups is 9. The van der Waals surface area contributed by atoms with Crippen LogP contribution in [0, 0.1) is 48.3 Å². The van der Waals surface area contributed by atoms with Crippen LogP contribution in [-0.2, 0) is 76.1 Å². The molecule has 6 bridgehead atoms. The Morgan fingerprint density at radius 1 is 0.526 bits per heavy atom. The number of cyclic esters (lactones) is 2. The Balaban J connectivity index is 0.000000395. The molecule has 6 N–H and O–H groups in total. The molecule has 7 heterocycles. The average Bonchev–Trinajstić information content (AvgIpc) is 4.24. The predicted octanol–water partition coefficient (Wildman–Crippen LogP) is 3.07. The van der Waals surface area contributed by atoms with Gasteiger partial charge in [0.05, 0.1) is 56.3 Å². The summed E-state index contributed by atoms with van der Waals surface area (Å²) in [6.45, 7) is 20.1. The second-order valence-electron chi connectivity index (χ2n) is 20.8. The van der Waals surface area contributed by atoms with Gasteiger partial charge < -0.3 is 78.6 Å². The summed E-state index contributed by atoms with van der Waals surface area (Å²) >= 11 is 0. The van der Waals surface area contributed by atoms with E-state index < -0.39 is 119 Å². The minimum absolute atomic E-state index is 0.0591. The summed E-state index contributed by atoms with van der Waals surface area (Å²) in [6.07, 6.45) is 13.3. The molecule has 78 heavy (non-hydrogen) atoms. The molecule has 0 radical (unpaired) electrons. The number of rotatable bonds is 15. The molecule has 0 saturated carbocycles. The number of hydrogen-bond donors (Lipinski definition) is 6. The van der Waals surface area contributed by atoms with Gasteiger partial charge >= 0.3 is 54.1 Å². The van der Waals surface area contributed by atoms with E-state index in [2.05, 4.69) is 27.1 Å². The molecule has 0 aromatic rings. The van der Waals surface area contributed by atoms with Crippen molar-refractivity contribution in [1.29, 1.82) is 0 Å². The van der Waals surface area contributed by atoms with Crippen LogP contribution in [0.4, 0.5) is 14.4 Å². The van der Waals surface area contributed by atoms with E-state index in [9.17, 15) is 48.3 Å². The van der Waals surface area contributed by atoms with Gasteiger partial charge in [0, 0.05) is 13.2 Å². The van der Waals surface area contributed by atoms with Gasteiger partial charge in [-0.15, -0.1) is 12.8 Å². The first kappa shape index (κ1) is 65.7. The summed E-state index contributed by atoms with van der Waals surface area (Å²) < 4.78 is 57.4. The van der Waals surface area contributed by atoms with Gasteiger partial charge in [0.2, 0.25) is 0 Å². The van der Waals surface area contributed by atoms with Gasteiger partial charge in [-0.05, 0) is 75.2 Å². The number of carbonyl (C=O) groups excluding carboxylic acids is 8. The van der Waals surface area contributed by atoms with E-state index in [4.69, 9.17) is 54.2 Å². The van der Waals surface area contributed by atoms with Crippen molar-refractivity contribution in [2.75, 3.05) is 52.7 Å². The Morgan fingerprint density at radius 2 is 0.769 bits per heavy atom. The number of carboxylic acid groups (broad SMARTS) is 1. The molecule has 7 aliphatic heterocycles. The largest absolute Gasteiger partial charge is 0.481 e. The van der Waals surface area contributed by atoms with Gasteiger partial charge in [0.25, 0.3) is 0 Å². The monoisotopic (exact) mass is 1110 g/mol. The summed E-state index contributed by atoms with van der Waals surface area (Å²) in [7, 11) is 0. The van der Waals surface area contributed by atoms with E-state index in [0.29, 0.717) is 13.2 Å². The second kappa shape index (κ2) is 31.7. The maximum atomic E-state index is 12.6. The Morgan fingerprint density at radius 3 is 1.03 bits per heavy atom. The number of aliphatic carboxylic acids is 1. The molecular formula is C53H79N3O22. The van der Waals surface area contributed by atoms with Crippen LogP contribution in [0.3, 0.4) is 0 Å². The number of ether oxygens (including phenoxy) is 10. The molecule has 438 valence electrons.